The van der Waals surface area contributed by atoms with E-state index < -0.39 is 30.1 Å². The minimum Gasteiger partial charge on any atom is -0.451 e. The summed E-state index contributed by atoms with van der Waals surface area (Å²) in [6.07, 6.45) is 6.07. The van der Waals surface area contributed by atoms with Crippen molar-refractivity contribution in [2.45, 2.75) is 71.0 Å². The summed E-state index contributed by atoms with van der Waals surface area (Å²) < 4.78 is 14.2. The van der Waals surface area contributed by atoms with Crippen molar-refractivity contribution in [3.8, 4) is 0 Å². The van der Waals surface area contributed by atoms with Gasteiger partial charge < -0.3 is 14.0 Å². The van der Waals surface area contributed by atoms with Crippen LogP contribution in [0.4, 0.5) is 0 Å². The molecule has 0 bridgehead atoms. The van der Waals surface area contributed by atoms with E-state index in [1.54, 1.807) is 9.47 Å². The molecule has 0 amide bonds. The van der Waals surface area contributed by atoms with Gasteiger partial charge in [0.2, 0.25) is 0 Å². The lowest BCUT2D eigenvalue weighted by molar-refractivity contribution is -0.173. The molecular formula is C16H27O6P. The van der Waals surface area contributed by atoms with Crippen molar-refractivity contribution in [3.05, 3.63) is 12.7 Å². The number of unbranched alkanes of at least 4 members (excludes halogenated alkanes) is 5. The summed E-state index contributed by atoms with van der Waals surface area (Å²) in [5.41, 5.74) is 0. The van der Waals surface area contributed by atoms with E-state index in [1.165, 1.54) is 13.8 Å². The SMILES string of the molecule is C=CCCCCCCCC(=O)O[C@H](C)C(=O)O[C@@H](C)C(=O)OP. The fourth-order valence-corrected chi connectivity index (χ4v) is 2.00. The first kappa shape index (κ1) is 21.6. The second-order valence-corrected chi connectivity index (χ2v) is 5.48. The number of carbonyl (C=O) groups is 3. The molecule has 0 aromatic heterocycles. The highest BCUT2D eigenvalue weighted by atomic mass is 31.0. The molecule has 132 valence electrons. The maximum Gasteiger partial charge on any atom is 0.349 e. The van der Waals surface area contributed by atoms with E-state index in [-0.39, 0.29) is 6.42 Å². The van der Waals surface area contributed by atoms with Gasteiger partial charge in [-0.2, -0.15) is 0 Å². The van der Waals surface area contributed by atoms with Crippen LogP contribution in [0.2, 0.25) is 0 Å². The molecule has 0 aliphatic rings. The standard InChI is InChI=1S/C16H27O6P/c1-4-5-6-7-8-9-10-11-14(17)20-12(2)15(18)21-13(3)16(19)22-23/h4,12-13H,1,5-11,23H2,2-3H3/t12-,13+/m1/s1. The predicted molar refractivity (Wildman–Crippen MR) is 89.4 cm³/mol. The zero-order valence-corrected chi connectivity index (χ0v) is 15.1. The topological polar surface area (TPSA) is 78.9 Å². The molecule has 3 atom stereocenters. The van der Waals surface area contributed by atoms with Crippen LogP contribution in [0.1, 0.15) is 58.8 Å². The quantitative estimate of drug-likeness (QED) is 0.234. The van der Waals surface area contributed by atoms with Crippen LogP contribution < -0.4 is 0 Å². The summed E-state index contributed by atoms with van der Waals surface area (Å²) in [4.78, 5) is 34.4. The minimum absolute atomic E-state index is 0.266. The molecule has 6 nitrogen and oxygen atoms in total. The lowest BCUT2D eigenvalue weighted by Crippen LogP contribution is -2.32. The van der Waals surface area contributed by atoms with Crippen LogP contribution in [0.3, 0.4) is 0 Å². The van der Waals surface area contributed by atoms with Gasteiger partial charge in [-0.3, -0.25) is 4.79 Å². The Bertz CT molecular complexity index is 396. The maximum atomic E-state index is 11.7. The summed E-state index contributed by atoms with van der Waals surface area (Å²) in [5.74, 6) is -1.91. The average Bonchev–Trinajstić information content (AvgIpc) is 2.52. The summed E-state index contributed by atoms with van der Waals surface area (Å²) in [7, 11) is 1.78. The van der Waals surface area contributed by atoms with Crippen molar-refractivity contribution < 1.29 is 28.4 Å². The number of rotatable bonds is 12. The summed E-state index contributed by atoms with van der Waals surface area (Å²) in [5, 5.41) is 0. The van der Waals surface area contributed by atoms with Gasteiger partial charge in [-0.05, 0) is 33.1 Å². The fourth-order valence-electron chi connectivity index (χ4n) is 1.81. The smallest absolute Gasteiger partial charge is 0.349 e. The van der Waals surface area contributed by atoms with Gasteiger partial charge >= 0.3 is 17.9 Å². The van der Waals surface area contributed by atoms with Crippen molar-refractivity contribution in [2.24, 2.45) is 0 Å². The van der Waals surface area contributed by atoms with E-state index >= 15 is 0 Å². The Morgan fingerprint density at radius 1 is 0.957 bits per heavy atom. The second kappa shape index (κ2) is 13.1. The zero-order valence-electron chi connectivity index (χ0n) is 13.9. The minimum atomic E-state index is -1.05. The van der Waals surface area contributed by atoms with Crippen LogP contribution in [-0.2, 0) is 28.4 Å². The normalized spacial score (nSPS) is 12.8. The third-order valence-corrected chi connectivity index (χ3v) is 3.40. The average molecular weight is 346 g/mol. The van der Waals surface area contributed by atoms with Gasteiger partial charge in [0.1, 0.15) is 0 Å². The molecule has 0 aromatic carbocycles. The van der Waals surface area contributed by atoms with Gasteiger partial charge in [-0.25, -0.2) is 9.59 Å². The van der Waals surface area contributed by atoms with Gasteiger partial charge in [-0.1, -0.05) is 25.3 Å². The third kappa shape index (κ3) is 10.9. The van der Waals surface area contributed by atoms with Crippen LogP contribution in [0, 0.1) is 0 Å². The lowest BCUT2D eigenvalue weighted by atomic mass is 10.1. The van der Waals surface area contributed by atoms with Crippen LogP contribution in [0.15, 0.2) is 12.7 Å². The van der Waals surface area contributed by atoms with Gasteiger partial charge in [0.25, 0.3) is 0 Å². The molecule has 0 heterocycles. The largest absolute Gasteiger partial charge is 0.451 e. The van der Waals surface area contributed by atoms with Crippen LogP contribution in [0.5, 0.6) is 0 Å². The molecule has 0 radical (unpaired) electrons. The Labute approximate surface area is 140 Å². The molecule has 0 aliphatic heterocycles. The fraction of sp³-hybridized carbons (Fsp3) is 0.688. The maximum absolute atomic E-state index is 11.7. The molecule has 0 fully saturated rings. The summed E-state index contributed by atoms with van der Waals surface area (Å²) in [6.45, 7) is 6.46. The Kier molecular flexibility index (Phi) is 12.3. The summed E-state index contributed by atoms with van der Waals surface area (Å²) in [6, 6.07) is 0. The van der Waals surface area contributed by atoms with Crippen molar-refractivity contribution >= 4 is 27.4 Å². The molecule has 0 spiro atoms. The van der Waals surface area contributed by atoms with E-state index in [2.05, 4.69) is 11.1 Å². The van der Waals surface area contributed by atoms with Crippen molar-refractivity contribution in [2.75, 3.05) is 0 Å². The molecule has 1 unspecified atom stereocenters. The van der Waals surface area contributed by atoms with E-state index in [4.69, 9.17) is 9.47 Å². The Hall–Kier alpha value is -1.42. The lowest BCUT2D eigenvalue weighted by Gasteiger charge is -2.15. The molecule has 0 saturated carbocycles. The first-order chi connectivity index (χ1) is 10.9. The molecule has 7 heteroatoms. The van der Waals surface area contributed by atoms with Crippen molar-refractivity contribution in [1.29, 1.82) is 0 Å². The highest BCUT2D eigenvalue weighted by molar-refractivity contribution is 7.10. The summed E-state index contributed by atoms with van der Waals surface area (Å²) >= 11 is 0. The van der Waals surface area contributed by atoms with E-state index in [1.807, 2.05) is 6.08 Å². The van der Waals surface area contributed by atoms with Gasteiger partial charge in [0.05, 0.1) is 9.47 Å². The van der Waals surface area contributed by atoms with Crippen molar-refractivity contribution in [1.82, 2.24) is 0 Å². The molecule has 0 N–H and O–H groups in total. The van der Waals surface area contributed by atoms with Crippen molar-refractivity contribution in [3.63, 3.8) is 0 Å². The number of allylic oxidation sites excluding steroid dienone is 1. The van der Waals surface area contributed by atoms with Crippen LogP contribution in [0.25, 0.3) is 0 Å². The highest BCUT2D eigenvalue weighted by Gasteiger charge is 2.24. The molecule has 0 aliphatic carbocycles. The monoisotopic (exact) mass is 346 g/mol. The number of esters is 2. The number of carbonyl (C=O) groups excluding carboxylic acids is 3. The van der Waals surface area contributed by atoms with E-state index in [0.717, 1.165) is 38.5 Å². The van der Waals surface area contributed by atoms with Crippen LogP contribution in [-0.4, -0.2) is 30.1 Å². The van der Waals surface area contributed by atoms with Gasteiger partial charge in [-0.15, -0.1) is 6.58 Å². The first-order valence-electron chi connectivity index (χ1n) is 7.83. The molecule has 23 heavy (non-hydrogen) atoms. The molecular weight excluding hydrogens is 319 g/mol. The van der Waals surface area contributed by atoms with E-state index in [0.29, 0.717) is 0 Å². The molecule has 0 rings (SSSR count). The second-order valence-electron chi connectivity index (χ2n) is 5.24. The number of hydrogen-bond donors (Lipinski definition) is 0. The zero-order chi connectivity index (χ0) is 17.7. The van der Waals surface area contributed by atoms with Crippen LogP contribution >= 0.6 is 9.47 Å². The third-order valence-electron chi connectivity index (χ3n) is 3.17. The van der Waals surface area contributed by atoms with Gasteiger partial charge in [0.15, 0.2) is 12.2 Å². The van der Waals surface area contributed by atoms with Gasteiger partial charge in [0, 0.05) is 6.42 Å². The molecule has 0 aromatic rings. The first-order valence-corrected chi connectivity index (χ1v) is 8.31. The Balaban J connectivity index is 3.85. The molecule has 0 saturated heterocycles. The van der Waals surface area contributed by atoms with E-state index in [9.17, 15) is 14.4 Å². The number of ether oxygens (including phenoxy) is 2. The highest BCUT2D eigenvalue weighted by Crippen LogP contribution is 2.09. The predicted octanol–water partition coefficient (Wildman–Crippen LogP) is 3.10. The number of hydrogen-bond acceptors (Lipinski definition) is 6. The Morgan fingerprint density at radius 2 is 1.52 bits per heavy atom. The Morgan fingerprint density at radius 3 is 2.13 bits per heavy atom.